The van der Waals surface area contributed by atoms with Crippen molar-refractivity contribution in [1.82, 2.24) is 5.43 Å². The lowest BCUT2D eigenvalue weighted by Gasteiger charge is -2.14. The Morgan fingerprint density at radius 1 is 1.26 bits per heavy atom. The standard InChI is InChI=1S/C13H14Br2N2S2/c14-9-2-1-3-12(4-9)19-8-11(17-16)6-13-5-10(15)7-18-13/h1-5,7,11,17H,6,8,16H2. The van der Waals surface area contributed by atoms with E-state index < -0.39 is 0 Å². The van der Waals surface area contributed by atoms with Crippen molar-refractivity contribution in [2.24, 2.45) is 5.84 Å². The number of hydrazine groups is 1. The Morgan fingerprint density at radius 3 is 2.74 bits per heavy atom. The van der Waals surface area contributed by atoms with Crippen LogP contribution in [0.4, 0.5) is 0 Å². The minimum atomic E-state index is 0.273. The molecule has 0 saturated carbocycles. The molecule has 102 valence electrons. The molecule has 19 heavy (non-hydrogen) atoms. The number of thioether (sulfide) groups is 1. The maximum Gasteiger partial charge on any atom is 0.0352 e. The number of thiophene rings is 1. The summed E-state index contributed by atoms with van der Waals surface area (Å²) in [5.41, 5.74) is 2.90. The highest BCUT2D eigenvalue weighted by Gasteiger charge is 2.10. The molecule has 0 amide bonds. The summed E-state index contributed by atoms with van der Waals surface area (Å²) in [6.07, 6.45) is 0.952. The van der Waals surface area contributed by atoms with E-state index in [9.17, 15) is 0 Å². The fourth-order valence-electron chi connectivity index (χ4n) is 1.62. The molecule has 1 aromatic heterocycles. The van der Waals surface area contributed by atoms with Crippen LogP contribution in [0.3, 0.4) is 0 Å². The van der Waals surface area contributed by atoms with Crippen molar-refractivity contribution in [3.63, 3.8) is 0 Å². The molecule has 0 spiro atoms. The fraction of sp³-hybridized carbons (Fsp3) is 0.231. The number of hydrogen-bond donors (Lipinski definition) is 2. The van der Waals surface area contributed by atoms with Crippen molar-refractivity contribution in [3.05, 3.63) is 49.5 Å². The molecule has 1 atom stereocenters. The zero-order chi connectivity index (χ0) is 13.7. The molecular weight excluding hydrogens is 408 g/mol. The summed E-state index contributed by atoms with van der Waals surface area (Å²) in [6.45, 7) is 0. The lowest BCUT2D eigenvalue weighted by molar-refractivity contribution is 0.579. The van der Waals surface area contributed by atoms with Crippen LogP contribution in [0.1, 0.15) is 4.88 Å². The zero-order valence-corrected chi connectivity index (χ0v) is 14.9. The van der Waals surface area contributed by atoms with E-state index in [0.717, 1.165) is 21.1 Å². The van der Waals surface area contributed by atoms with Gasteiger partial charge in [0.05, 0.1) is 0 Å². The smallest absolute Gasteiger partial charge is 0.0352 e. The molecule has 6 heteroatoms. The molecule has 0 aliphatic rings. The maximum absolute atomic E-state index is 5.64. The Bertz CT molecular complexity index is 531. The molecule has 0 aliphatic heterocycles. The second kappa shape index (κ2) is 7.81. The van der Waals surface area contributed by atoms with E-state index in [1.807, 2.05) is 23.9 Å². The summed E-state index contributed by atoms with van der Waals surface area (Å²) in [5, 5.41) is 2.10. The largest absolute Gasteiger partial charge is 0.271 e. The highest BCUT2D eigenvalue weighted by molar-refractivity contribution is 9.10. The predicted octanol–water partition coefficient (Wildman–Crippen LogP) is 4.44. The van der Waals surface area contributed by atoms with Gasteiger partial charge in [0, 0.05) is 35.9 Å². The molecule has 1 heterocycles. The molecule has 0 radical (unpaired) electrons. The van der Waals surface area contributed by atoms with Crippen LogP contribution in [-0.2, 0) is 6.42 Å². The van der Waals surface area contributed by atoms with Gasteiger partial charge in [0.2, 0.25) is 0 Å². The third-order valence-corrected chi connectivity index (χ3v) is 5.92. The van der Waals surface area contributed by atoms with Gasteiger partial charge in [0.15, 0.2) is 0 Å². The number of hydrogen-bond acceptors (Lipinski definition) is 4. The van der Waals surface area contributed by atoms with Crippen molar-refractivity contribution in [3.8, 4) is 0 Å². The average molecular weight is 422 g/mol. The number of halogens is 2. The van der Waals surface area contributed by atoms with E-state index >= 15 is 0 Å². The average Bonchev–Trinajstić information content (AvgIpc) is 2.80. The van der Waals surface area contributed by atoms with Gasteiger partial charge in [-0.25, -0.2) is 0 Å². The molecule has 3 N–H and O–H groups in total. The molecule has 0 saturated heterocycles. The number of nitrogens with one attached hydrogen (secondary N) is 1. The first-order valence-corrected chi connectivity index (χ1v) is 9.20. The lowest BCUT2D eigenvalue weighted by Crippen LogP contribution is -2.38. The Morgan fingerprint density at radius 2 is 2.11 bits per heavy atom. The van der Waals surface area contributed by atoms with E-state index in [1.54, 1.807) is 11.3 Å². The normalized spacial score (nSPS) is 12.6. The van der Waals surface area contributed by atoms with Gasteiger partial charge in [-0.05, 0) is 46.6 Å². The van der Waals surface area contributed by atoms with E-state index in [1.165, 1.54) is 9.77 Å². The quantitative estimate of drug-likeness (QED) is 0.411. The van der Waals surface area contributed by atoms with Gasteiger partial charge >= 0.3 is 0 Å². The number of benzene rings is 1. The number of rotatable bonds is 6. The van der Waals surface area contributed by atoms with Crippen LogP contribution in [0, 0.1) is 0 Å². The van der Waals surface area contributed by atoms with Gasteiger partial charge in [-0.1, -0.05) is 22.0 Å². The van der Waals surface area contributed by atoms with Crippen molar-refractivity contribution >= 4 is 55.0 Å². The van der Waals surface area contributed by atoms with Crippen LogP contribution >= 0.6 is 55.0 Å². The molecule has 0 aliphatic carbocycles. The lowest BCUT2D eigenvalue weighted by atomic mass is 10.2. The van der Waals surface area contributed by atoms with Crippen LogP contribution in [0.15, 0.2) is 49.6 Å². The van der Waals surface area contributed by atoms with Crippen LogP contribution in [0.5, 0.6) is 0 Å². The maximum atomic E-state index is 5.64. The summed E-state index contributed by atoms with van der Waals surface area (Å²) >= 11 is 10.5. The van der Waals surface area contributed by atoms with Crippen molar-refractivity contribution in [2.75, 3.05) is 5.75 Å². The van der Waals surface area contributed by atoms with Gasteiger partial charge in [-0.2, -0.15) is 0 Å². The summed E-state index contributed by atoms with van der Waals surface area (Å²) < 4.78 is 2.25. The van der Waals surface area contributed by atoms with Gasteiger partial charge in [0.25, 0.3) is 0 Å². The van der Waals surface area contributed by atoms with Crippen molar-refractivity contribution in [2.45, 2.75) is 17.4 Å². The highest BCUT2D eigenvalue weighted by atomic mass is 79.9. The molecule has 0 fully saturated rings. The predicted molar refractivity (Wildman–Crippen MR) is 91.7 cm³/mol. The summed E-state index contributed by atoms with van der Waals surface area (Å²) in [6, 6.07) is 10.7. The van der Waals surface area contributed by atoms with Crippen LogP contribution in [0.25, 0.3) is 0 Å². The summed E-state index contributed by atoms with van der Waals surface area (Å²) in [4.78, 5) is 2.59. The molecule has 1 unspecified atom stereocenters. The Kier molecular flexibility index (Phi) is 6.38. The Balaban J connectivity index is 1.89. The highest BCUT2D eigenvalue weighted by Crippen LogP contribution is 2.25. The Labute approximate surface area is 138 Å². The summed E-state index contributed by atoms with van der Waals surface area (Å²) in [5.74, 6) is 6.59. The molecular formula is C13H14Br2N2S2. The molecule has 2 nitrogen and oxygen atoms in total. The van der Waals surface area contributed by atoms with Crippen molar-refractivity contribution in [1.29, 1.82) is 0 Å². The second-order valence-electron chi connectivity index (χ2n) is 4.07. The van der Waals surface area contributed by atoms with E-state index in [2.05, 4.69) is 60.9 Å². The second-order valence-corrected chi connectivity index (χ2v) is 7.99. The fourth-order valence-corrected chi connectivity index (χ4v) is 4.70. The first-order valence-electron chi connectivity index (χ1n) is 5.75. The number of nitrogens with two attached hydrogens (primary N) is 1. The summed E-state index contributed by atoms with van der Waals surface area (Å²) in [7, 11) is 0. The minimum Gasteiger partial charge on any atom is -0.271 e. The van der Waals surface area contributed by atoms with E-state index in [4.69, 9.17) is 5.84 Å². The Hall–Kier alpha value is 0.150. The van der Waals surface area contributed by atoms with Gasteiger partial charge < -0.3 is 0 Å². The molecule has 2 aromatic rings. The van der Waals surface area contributed by atoms with E-state index in [-0.39, 0.29) is 6.04 Å². The van der Waals surface area contributed by atoms with Crippen LogP contribution in [-0.4, -0.2) is 11.8 Å². The van der Waals surface area contributed by atoms with Crippen LogP contribution < -0.4 is 11.3 Å². The van der Waals surface area contributed by atoms with E-state index in [0.29, 0.717) is 0 Å². The van der Waals surface area contributed by atoms with Gasteiger partial charge in [-0.15, -0.1) is 23.1 Å². The molecule has 1 aromatic carbocycles. The topological polar surface area (TPSA) is 38.0 Å². The van der Waals surface area contributed by atoms with Crippen molar-refractivity contribution < 1.29 is 0 Å². The van der Waals surface area contributed by atoms with Gasteiger partial charge in [-0.3, -0.25) is 11.3 Å². The van der Waals surface area contributed by atoms with Crippen LogP contribution in [0.2, 0.25) is 0 Å². The third-order valence-electron chi connectivity index (χ3n) is 2.55. The zero-order valence-electron chi connectivity index (χ0n) is 10.1. The molecule has 0 bridgehead atoms. The first-order chi connectivity index (χ1) is 9.17. The first kappa shape index (κ1) is 15.5. The SMILES string of the molecule is NNC(CSc1cccc(Br)c1)Cc1cc(Br)cs1. The minimum absolute atomic E-state index is 0.273. The third kappa shape index (κ3) is 5.21. The monoisotopic (exact) mass is 420 g/mol. The van der Waals surface area contributed by atoms with Gasteiger partial charge in [0.1, 0.15) is 0 Å². The molecule has 2 rings (SSSR count).